The molecule has 19 heavy (non-hydrogen) atoms. The third-order valence-electron chi connectivity index (χ3n) is 2.94. The minimum atomic E-state index is -0.142. The fourth-order valence-electron chi connectivity index (χ4n) is 1.97. The summed E-state index contributed by atoms with van der Waals surface area (Å²) in [5.41, 5.74) is 3.07. The number of nitrogens with zero attached hydrogens (tertiary/aromatic N) is 1. The summed E-state index contributed by atoms with van der Waals surface area (Å²) in [6.45, 7) is 0. The summed E-state index contributed by atoms with van der Waals surface area (Å²) in [6.07, 6.45) is 1.51. The summed E-state index contributed by atoms with van der Waals surface area (Å²) in [5.74, 6) is 0.590. The molecule has 3 nitrogen and oxygen atoms in total. The SMILES string of the molecule is O=c1ccnc(-c2ccc(-c3ccccc3)cc2)[nH]1. The number of aromatic nitrogens is 2. The molecule has 0 aliphatic rings. The maximum absolute atomic E-state index is 11.3. The van der Waals surface area contributed by atoms with Gasteiger partial charge in [-0.1, -0.05) is 54.6 Å². The Bertz CT molecular complexity index is 730. The first kappa shape index (κ1) is 11.4. The molecule has 0 unspecified atom stereocenters. The Labute approximate surface area is 110 Å². The zero-order valence-corrected chi connectivity index (χ0v) is 10.2. The first-order valence-electron chi connectivity index (χ1n) is 6.04. The van der Waals surface area contributed by atoms with Crippen LogP contribution in [0.2, 0.25) is 0 Å². The molecule has 1 aromatic heterocycles. The molecule has 0 spiro atoms. The van der Waals surface area contributed by atoms with Crippen LogP contribution in [0.5, 0.6) is 0 Å². The topological polar surface area (TPSA) is 45.8 Å². The average Bonchev–Trinajstić information content (AvgIpc) is 2.48. The number of aromatic amines is 1. The Hall–Kier alpha value is -2.68. The van der Waals surface area contributed by atoms with E-state index in [1.54, 1.807) is 0 Å². The molecule has 0 atom stereocenters. The molecule has 2 aromatic carbocycles. The van der Waals surface area contributed by atoms with Gasteiger partial charge in [-0.05, 0) is 11.1 Å². The molecule has 1 N–H and O–H groups in total. The Balaban J connectivity index is 1.98. The van der Waals surface area contributed by atoms with Gasteiger partial charge in [0.05, 0.1) is 0 Å². The van der Waals surface area contributed by atoms with E-state index in [1.165, 1.54) is 17.8 Å². The van der Waals surface area contributed by atoms with Gasteiger partial charge < -0.3 is 4.98 Å². The molecule has 0 fully saturated rings. The number of rotatable bonds is 2. The van der Waals surface area contributed by atoms with Crippen LogP contribution in [0.25, 0.3) is 22.5 Å². The van der Waals surface area contributed by atoms with Crippen molar-refractivity contribution in [2.75, 3.05) is 0 Å². The van der Waals surface area contributed by atoms with Gasteiger partial charge in [-0.25, -0.2) is 4.98 Å². The van der Waals surface area contributed by atoms with Crippen LogP contribution in [0.1, 0.15) is 0 Å². The van der Waals surface area contributed by atoms with Gasteiger partial charge in [0.1, 0.15) is 5.82 Å². The van der Waals surface area contributed by atoms with Crippen LogP contribution < -0.4 is 5.56 Å². The molecule has 0 bridgehead atoms. The smallest absolute Gasteiger partial charge is 0.251 e. The van der Waals surface area contributed by atoms with E-state index in [0.29, 0.717) is 5.82 Å². The van der Waals surface area contributed by atoms with Crippen molar-refractivity contribution in [1.29, 1.82) is 0 Å². The van der Waals surface area contributed by atoms with E-state index in [4.69, 9.17) is 0 Å². The molecular weight excluding hydrogens is 236 g/mol. The van der Waals surface area contributed by atoms with Gasteiger partial charge in [-0.3, -0.25) is 4.79 Å². The van der Waals surface area contributed by atoms with E-state index in [9.17, 15) is 4.79 Å². The molecule has 1 heterocycles. The predicted molar refractivity (Wildman–Crippen MR) is 75.7 cm³/mol. The lowest BCUT2D eigenvalue weighted by atomic mass is 10.0. The van der Waals surface area contributed by atoms with Gasteiger partial charge in [0.2, 0.25) is 0 Å². The zero-order valence-electron chi connectivity index (χ0n) is 10.2. The molecule has 92 valence electrons. The van der Waals surface area contributed by atoms with Crippen molar-refractivity contribution in [3.8, 4) is 22.5 Å². The summed E-state index contributed by atoms with van der Waals surface area (Å²) in [5, 5.41) is 0. The molecule has 0 aliphatic heterocycles. The second-order valence-corrected chi connectivity index (χ2v) is 4.23. The average molecular weight is 248 g/mol. The molecular formula is C16H12N2O. The Morgan fingerprint density at radius 3 is 2.05 bits per heavy atom. The van der Waals surface area contributed by atoms with E-state index in [-0.39, 0.29) is 5.56 Å². The lowest BCUT2D eigenvalue weighted by Gasteiger charge is -2.03. The van der Waals surface area contributed by atoms with Crippen LogP contribution in [0, 0.1) is 0 Å². The minimum Gasteiger partial charge on any atom is -0.307 e. The number of hydrogen-bond acceptors (Lipinski definition) is 2. The van der Waals surface area contributed by atoms with Crippen LogP contribution >= 0.6 is 0 Å². The standard InChI is InChI=1S/C16H12N2O/c19-15-10-11-17-16(18-15)14-8-6-13(7-9-14)12-4-2-1-3-5-12/h1-11H,(H,17,18,19). The van der Waals surface area contributed by atoms with Crippen LogP contribution in [0.15, 0.2) is 71.7 Å². The van der Waals surface area contributed by atoms with Gasteiger partial charge in [0.25, 0.3) is 5.56 Å². The monoisotopic (exact) mass is 248 g/mol. The van der Waals surface area contributed by atoms with E-state index in [0.717, 1.165) is 11.1 Å². The Kier molecular flexibility index (Phi) is 2.94. The van der Waals surface area contributed by atoms with Crippen molar-refractivity contribution in [1.82, 2.24) is 9.97 Å². The van der Waals surface area contributed by atoms with Crippen LogP contribution in [0.4, 0.5) is 0 Å². The lowest BCUT2D eigenvalue weighted by Crippen LogP contribution is -2.05. The van der Waals surface area contributed by atoms with Crippen LogP contribution in [-0.4, -0.2) is 9.97 Å². The summed E-state index contributed by atoms with van der Waals surface area (Å²) < 4.78 is 0. The molecule has 3 rings (SSSR count). The van der Waals surface area contributed by atoms with Gasteiger partial charge in [-0.2, -0.15) is 0 Å². The minimum absolute atomic E-state index is 0.142. The highest BCUT2D eigenvalue weighted by Crippen LogP contribution is 2.22. The number of hydrogen-bond donors (Lipinski definition) is 1. The second kappa shape index (κ2) is 4.90. The molecule has 3 aromatic rings. The maximum Gasteiger partial charge on any atom is 0.251 e. The van der Waals surface area contributed by atoms with Crippen molar-refractivity contribution in [2.24, 2.45) is 0 Å². The first-order chi connectivity index (χ1) is 9.33. The highest BCUT2D eigenvalue weighted by atomic mass is 16.1. The van der Waals surface area contributed by atoms with Gasteiger partial charge >= 0.3 is 0 Å². The first-order valence-corrected chi connectivity index (χ1v) is 6.04. The molecule has 0 aliphatic carbocycles. The Morgan fingerprint density at radius 2 is 1.37 bits per heavy atom. The summed E-state index contributed by atoms with van der Waals surface area (Å²) in [7, 11) is 0. The van der Waals surface area contributed by atoms with E-state index in [1.807, 2.05) is 42.5 Å². The third-order valence-corrected chi connectivity index (χ3v) is 2.94. The fraction of sp³-hybridized carbons (Fsp3) is 0. The van der Waals surface area contributed by atoms with Gasteiger partial charge in [0.15, 0.2) is 0 Å². The number of nitrogens with one attached hydrogen (secondary N) is 1. The molecule has 0 saturated carbocycles. The van der Waals surface area contributed by atoms with E-state index < -0.39 is 0 Å². The third kappa shape index (κ3) is 2.45. The molecule has 3 heteroatoms. The van der Waals surface area contributed by atoms with E-state index in [2.05, 4.69) is 22.1 Å². The zero-order chi connectivity index (χ0) is 13.1. The van der Waals surface area contributed by atoms with Crippen molar-refractivity contribution in [3.05, 3.63) is 77.2 Å². The summed E-state index contributed by atoms with van der Waals surface area (Å²) in [6, 6.07) is 19.5. The molecule has 0 amide bonds. The highest BCUT2D eigenvalue weighted by Gasteiger charge is 2.01. The Morgan fingerprint density at radius 1 is 0.737 bits per heavy atom. The van der Waals surface area contributed by atoms with Crippen molar-refractivity contribution in [2.45, 2.75) is 0 Å². The van der Waals surface area contributed by atoms with Crippen LogP contribution in [0.3, 0.4) is 0 Å². The quantitative estimate of drug-likeness (QED) is 0.757. The maximum atomic E-state index is 11.3. The fourth-order valence-corrected chi connectivity index (χ4v) is 1.97. The number of benzene rings is 2. The van der Waals surface area contributed by atoms with Crippen LogP contribution in [-0.2, 0) is 0 Å². The summed E-state index contributed by atoms with van der Waals surface area (Å²) in [4.78, 5) is 18.1. The van der Waals surface area contributed by atoms with Gasteiger partial charge in [-0.15, -0.1) is 0 Å². The van der Waals surface area contributed by atoms with E-state index >= 15 is 0 Å². The molecule has 0 saturated heterocycles. The largest absolute Gasteiger partial charge is 0.307 e. The van der Waals surface area contributed by atoms with Crippen molar-refractivity contribution >= 4 is 0 Å². The summed E-state index contributed by atoms with van der Waals surface area (Å²) >= 11 is 0. The van der Waals surface area contributed by atoms with Crippen molar-refractivity contribution < 1.29 is 0 Å². The number of H-pyrrole nitrogens is 1. The molecule has 0 radical (unpaired) electrons. The van der Waals surface area contributed by atoms with Crippen molar-refractivity contribution in [3.63, 3.8) is 0 Å². The lowest BCUT2D eigenvalue weighted by molar-refractivity contribution is 1.13. The highest BCUT2D eigenvalue weighted by molar-refractivity contribution is 5.67. The second-order valence-electron chi connectivity index (χ2n) is 4.23. The normalized spacial score (nSPS) is 10.3. The predicted octanol–water partition coefficient (Wildman–Crippen LogP) is 3.10. The van der Waals surface area contributed by atoms with Gasteiger partial charge in [0, 0.05) is 17.8 Å².